The molecule has 4 aromatic heterocycles. The minimum Gasteiger partial charge on any atom is -0.467 e. The lowest BCUT2D eigenvalue weighted by Gasteiger charge is -2.19. The summed E-state index contributed by atoms with van der Waals surface area (Å²) in [7, 11) is 0. The molecule has 0 aliphatic heterocycles. The van der Waals surface area contributed by atoms with Crippen molar-refractivity contribution in [2.24, 2.45) is 0 Å². The molecule has 132 valence electrons. The first-order valence-electron chi connectivity index (χ1n) is 7.74. The standard InChI is InChI=1S/C18H13ClN2O3S2/c19-16-6-5-15(26-16)17-20-14(11-25-17)18(22)21(9-12-3-1-7-23-12)10-13-4-2-8-24-13/h1-8,11H,9-10H2. The highest BCUT2D eigenvalue weighted by Crippen LogP contribution is 2.33. The summed E-state index contributed by atoms with van der Waals surface area (Å²) in [6, 6.07) is 11.0. The summed E-state index contributed by atoms with van der Waals surface area (Å²) in [4.78, 5) is 20.1. The van der Waals surface area contributed by atoms with E-state index >= 15 is 0 Å². The van der Waals surface area contributed by atoms with Gasteiger partial charge in [0, 0.05) is 5.38 Å². The van der Waals surface area contributed by atoms with Gasteiger partial charge in [0.2, 0.25) is 0 Å². The van der Waals surface area contributed by atoms with E-state index in [9.17, 15) is 4.79 Å². The highest BCUT2D eigenvalue weighted by molar-refractivity contribution is 7.23. The van der Waals surface area contributed by atoms with Crippen LogP contribution in [0.25, 0.3) is 9.88 Å². The molecule has 5 nitrogen and oxygen atoms in total. The molecule has 4 aromatic rings. The van der Waals surface area contributed by atoms with Crippen molar-refractivity contribution in [1.29, 1.82) is 0 Å². The first kappa shape index (κ1) is 17.1. The molecule has 0 bridgehead atoms. The predicted octanol–water partition coefficient (Wildman–Crippen LogP) is 5.55. The molecule has 0 aliphatic carbocycles. The average Bonchev–Trinajstić information content (AvgIpc) is 3.41. The van der Waals surface area contributed by atoms with Crippen molar-refractivity contribution in [3.63, 3.8) is 0 Å². The van der Waals surface area contributed by atoms with E-state index in [1.165, 1.54) is 22.7 Å². The zero-order chi connectivity index (χ0) is 17.9. The molecule has 0 aromatic carbocycles. The number of amides is 1. The minimum absolute atomic E-state index is 0.178. The van der Waals surface area contributed by atoms with Gasteiger partial charge in [0.1, 0.15) is 22.2 Å². The maximum Gasteiger partial charge on any atom is 0.274 e. The normalized spacial score (nSPS) is 11.0. The second kappa shape index (κ2) is 7.49. The smallest absolute Gasteiger partial charge is 0.274 e. The van der Waals surface area contributed by atoms with Crippen LogP contribution in [-0.2, 0) is 13.1 Å². The number of thiazole rings is 1. The lowest BCUT2D eigenvalue weighted by molar-refractivity contribution is 0.0700. The number of furan rings is 2. The summed E-state index contributed by atoms with van der Waals surface area (Å²) in [6.07, 6.45) is 3.18. The Morgan fingerprint density at radius 1 is 1.08 bits per heavy atom. The minimum atomic E-state index is -0.178. The molecule has 8 heteroatoms. The molecule has 0 atom stereocenters. The Kier molecular flexibility index (Phi) is 4.92. The first-order chi connectivity index (χ1) is 12.7. The number of nitrogens with zero attached hydrogens (tertiary/aromatic N) is 2. The van der Waals surface area contributed by atoms with Gasteiger partial charge in [-0.3, -0.25) is 4.79 Å². The summed E-state index contributed by atoms with van der Waals surface area (Å²) in [6.45, 7) is 0.675. The van der Waals surface area contributed by atoms with Gasteiger partial charge >= 0.3 is 0 Å². The maximum atomic E-state index is 13.0. The Morgan fingerprint density at radius 2 is 1.77 bits per heavy atom. The Bertz CT molecular complexity index is 953. The molecular weight excluding hydrogens is 392 g/mol. The van der Waals surface area contributed by atoms with Crippen molar-refractivity contribution >= 4 is 40.2 Å². The summed E-state index contributed by atoms with van der Waals surface area (Å²) in [5, 5.41) is 2.55. The van der Waals surface area contributed by atoms with Crippen molar-refractivity contribution in [1.82, 2.24) is 9.88 Å². The van der Waals surface area contributed by atoms with Gasteiger partial charge in [-0.15, -0.1) is 22.7 Å². The monoisotopic (exact) mass is 404 g/mol. The molecule has 0 unspecified atom stereocenters. The molecule has 0 spiro atoms. The third-order valence-electron chi connectivity index (χ3n) is 3.65. The van der Waals surface area contributed by atoms with E-state index in [1.807, 2.05) is 24.3 Å². The molecule has 0 aliphatic rings. The third-order valence-corrected chi connectivity index (χ3v) is 5.89. The van der Waals surface area contributed by atoms with Crippen molar-refractivity contribution in [2.45, 2.75) is 13.1 Å². The van der Waals surface area contributed by atoms with E-state index in [2.05, 4.69) is 4.98 Å². The first-order valence-corrected chi connectivity index (χ1v) is 9.82. The quantitative estimate of drug-likeness (QED) is 0.422. The number of carbonyl (C=O) groups excluding carboxylic acids is 1. The molecule has 0 saturated carbocycles. The summed E-state index contributed by atoms with van der Waals surface area (Å²) >= 11 is 8.85. The van der Waals surface area contributed by atoms with Crippen LogP contribution < -0.4 is 0 Å². The molecule has 0 saturated heterocycles. The van der Waals surface area contributed by atoms with E-state index in [1.54, 1.807) is 34.9 Å². The SMILES string of the molecule is O=C(c1csc(-c2ccc(Cl)s2)n1)N(Cc1ccco1)Cc1ccco1. The number of halogens is 1. The number of aromatic nitrogens is 1. The Morgan fingerprint density at radius 3 is 2.31 bits per heavy atom. The van der Waals surface area contributed by atoms with Crippen LogP contribution in [0.4, 0.5) is 0 Å². The van der Waals surface area contributed by atoms with Crippen LogP contribution in [0.3, 0.4) is 0 Å². The van der Waals surface area contributed by atoms with Gasteiger partial charge in [0.15, 0.2) is 0 Å². The fourth-order valence-corrected chi connectivity index (χ4v) is 4.37. The zero-order valence-electron chi connectivity index (χ0n) is 13.4. The van der Waals surface area contributed by atoms with Gasteiger partial charge in [-0.2, -0.15) is 0 Å². The topological polar surface area (TPSA) is 59.5 Å². The van der Waals surface area contributed by atoms with E-state index in [-0.39, 0.29) is 5.91 Å². The second-order valence-electron chi connectivity index (χ2n) is 5.46. The number of hydrogen-bond donors (Lipinski definition) is 0. The largest absolute Gasteiger partial charge is 0.467 e. The van der Waals surface area contributed by atoms with Gasteiger partial charge < -0.3 is 13.7 Å². The van der Waals surface area contributed by atoms with E-state index in [4.69, 9.17) is 20.4 Å². The van der Waals surface area contributed by atoms with Crippen molar-refractivity contribution in [3.05, 3.63) is 75.9 Å². The van der Waals surface area contributed by atoms with Crippen molar-refractivity contribution in [3.8, 4) is 9.88 Å². The predicted molar refractivity (Wildman–Crippen MR) is 101 cm³/mol. The van der Waals surface area contributed by atoms with Gasteiger partial charge in [-0.05, 0) is 36.4 Å². The van der Waals surface area contributed by atoms with E-state index in [0.29, 0.717) is 34.6 Å². The summed E-state index contributed by atoms with van der Waals surface area (Å²) in [5.41, 5.74) is 0.396. The maximum absolute atomic E-state index is 13.0. The van der Waals surface area contributed by atoms with Crippen molar-refractivity contribution < 1.29 is 13.6 Å². The molecule has 0 radical (unpaired) electrons. The highest BCUT2D eigenvalue weighted by atomic mass is 35.5. The van der Waals surface area contributed by atoms with Crippen LogP contribution in [0, 0.1) is 0 Å². The highest BCUT2D eigenvalue weighted by Gasteiger charge is 2.22. The van der Waals surface area contributed by atoms with Gasteiger partial charge in [-0.1, -0.05) is 11.6 Å². The van der Waals surface area contributed by atoms with Gasteiger partial charge in [0.25, 0.3) is 5.91 Å². The molecule has 0 N–H and O–H groups in total. The summed E-state index contributed by atoms with van der Waals surface area (Å²) in [5.74, 6) is 1.22. The molecule has 4 heterocycles. The number of thiophene rings is 1. The number of hydrogen-bond acceptors (Lipinski definition) is 6. The van der Waals surface area contributed by atoms with Gasteiger partial charge in [-0.25, -0.2) is 4.98 Å². The Balaban J connectivity index is 1.58. The van der Waals surface area contributed by atoms with E-state index < -0.39 is 0 Å². The Labute approximate surface area is 162 Å². The fraction of sp³-hybridized carbons (Fsp3) is 0.111. The van der Waals surface area contributed by atoms with Crippen LogP contribution in [0.5, 0.6) is 0 Å². The van der Waals surface area contributed by atoms with Crippen LogP contribution in [-0.4, -0.2) is 15.8 Å². The lowest BCUT2D eigenvalue weighted by atomic mass is 10.3. The fourth-order valence-electron chi connectivity index (χ4n) is 2.46. The number of rotatable bonds is 6. The molecule has 4 rings (SSSR count). The average molecular weight is 405 g/mol. The van der Waals surface area contributed by atoms with Crippen molar-refractivity contribution in [2.75, 3.05) is 0 Å². The zero-order valence-corrected chi connectivity index (χ0v) is 15.8. The molecular formula is C18H13ClN2O3S2. The Hall–Kier alpha value is -2.35. The third kappa shape index (κ3) is 3.75. The lowest BCUT2D eigenvalue weighted by Crippen LogP contribution is -2.30. The van der Waals surface area contributed by atoms with E-state index in [0.717, 1.165) is 9.88 Å². The number of carbonyl (C=O) groups is 1. The van der Waals surface area contributed by atoms with Crippen LogP contribution >= 0.6 is 34.3 Å². The second-order valence-corrected chi connectivity index (χ2v) is 8.03. The molecule has 26 heavy (non-hydrogen) atoms. The molecule has 1 amide bonds. The summed E-state index contributed by atoms with van der Waals surface area (Å²) < 4.78 is 11.5. The molecule has 0 fully saturated rings. The van der Waals surface area contributed by atoms with Crippen LogP contribution in [0.15, 0.2) is 63.1 Å². The van der Waals surface area contributed by atoms with Crippen LogP contribution in [0.1, 0.15) is 22.0 Å². The van der Waals surface area contributed by atoms with Crippen LogP contribution in [0.2, 0.25) is 4.34 Å². The van der Waals surface area contributed by atoms with Gasteiger partial charge in [0.05, 0.1) is 34.8 Å².